The number of methoxy groups -OCH3 is 1. The first-order valence-corrected chi connectivity index (χ1v) is 3.72. The van der Waals surface area contributed by atoms with Crippen LogP contribution < -0.4 is 0 Å². The van der Waals surface area contributed by atoms with Crippen molar-refractivity contribution in [2.45, 2.75) is 6.42 Å². The second-order valence-electron chi connectivity index (χ2n) is 2.96. The van der Waals surface area contributed by atoms with Crippen molar-refractivity contribution in [3.8, 4) is 0 Å². The molecule has 1 saturated heterocycles. The number of esters is 1. The molecule has 11 heavy (non-hydrogen) atoms. The van der Waals surface area contributed by atoms with Crippen LogP contribution in [0.5, 0.6) is 0 Å². The van der Waals surface area contributed by atoms with E-state index in [9.17, 15) is 4.79 Å². The summed E-state index contributed by atoms with van der Waals surface area (Å²) < 4.78 is 9.92. The van der Waals surface area contributed by atoms with Gasteiger partial charge in [-0.15, -0.1) is 0 Å². The van der Waals surface area contributed by atoms with Crippen molar-refractivity contribution >= 4 is 5.97 Å². The molecule has 0 radical (unpaired) electrons. The standard InChI is InChI=1S/C8H10O3/c1-10-6-2-5-4-11-8(9)7(5)3-6/h3,5,7H,2,4H2,1H3. The quantitative estimate of drug-likeness (QED) is 0.522. The van der Waals surface area contributed by atoms with Crippen LogP contribution in [-0.2, 0) is 14.3 Å². The molecule has 1 heterocycles. The van der Waals surface area contributed by atoms with Crippen molar-refractivity contribution in [3.05, 3.63) is 11.8 Å². The van der Waals surface area contributed by atoms with Gasteiger partial charge in [-0.05, 0) is 6.08 Å². The van der Waals surface area contributed by atoms with Crippen LogP contribution in [0, 0.1) is 11.8 Å². The summed E-state index contributed by atoms with van der Waals surface area (Å²) in [5, 5.41) is 0. The van der Waals surface area contributed by atoms with Gasteiger partial charge in [-0.3, -0.25) is 4.79 Å². The first-order chi connectivity index (χ1) is 5.31. The molecule has 0 bridgehead atoms. The van der Waals surface area contributed by atoms with E-state index in [-0.39, 0.29) is 11.9 Å². The Morgan fingerprint density at radius 2 is 2.55 bits per heavy atom. The van der Waals surface area contributed by atoms with Crippen LogP contribution in [0.25, 0.3) is 0 Å². The van der Waals surface area contributed by atoms with E-state index in [0.717, 1.165) is 12.2 Å². The van der Waals surface area contributed by atoms with E-state index < -0.39 is 0 Å². The highest BCUT2D eigenvalue weighted by molar-refractivity contribution is 5.77. The molecule has 2 aliphatic rings. The SMILES string of the molecule is COC1=CC2C(=O)OCC2C1. The number of hydrogen-bond donors (Lipinski definition) is 0. The second-order valence-corrected chi connectivity index (χ2v) is 2.96. The highest BCUT2D eigenvalue weighted by atomic mass is 16.5. The molecule has 0 aromatic heterocycles. The molecule has 0 aromatic carbocycles. The van der Waals surface area contributed by atoms with Crippen LogP contribution in [0.2, 0.25) is 0 Å². The summed E-state index contributed by atoms with van der Waals surface area (Å²) in [6, 6.07) is 0. The third kappa shape index (κ3) is 0.914. The Hall–Kier alpha value is -0.990. The molecule has 0 saturated carbocycles. The lowest BCUT2D eigenvalue weighted by Crippen LogP contribution is -2.07. The lowest BCUT2D eigenvalue weighted by molar-refractivity contribution is -0.140. The Labute approximate surface area is 65.0 Å². The number of rotatable bonds is 1. The van der Waals surface area contributed by atoms with E-state index in [2.05, 4.69) is 0 Å². The second kappa shape index (κ2) is 2.26. The molecule has 2 atom stereocenters. The van der Waals surface area contributed by atoms with Gasteiger partial charge in [0.25, 0.3) is 0 Å². The van der Waals surface area contributed by atoms with E-state index in [4.69, 9.17) is 9.47 Å². The van der Waals surface area contributed by atoms with E-state index >= 15 is 0 Å². The molecular weight excluding hydrogens is 144 g/mol. The molecule has 0 spiro atoms. The van der Waals surface area contributed by atoms with Crippen molar-refractivity contribution in [3.63, 3.8) is 0 Å². The first kappa shape index (κ1) is 6.70. The zero-order chi connectivity index (χ0) is 7.84. The first-order valence-electron chi connectivity index (χ1n) is 3.72. The van der Waals surface area contributed by atoms with Crippen LogP contribution in [0.3, 0.4) is 0 Å². The van der Waals surface area contributed by atoms with Gasteiger partial charge in [0.15, 0.2) is 0 Å². The molecule has 1 aliphatic carbocycles. The van der Waals surface area contributed by atoms with E-state index in [1.54, 1.807) is 7.11 Å². The largest absolute Gasteiger partial charge is 0.501 e. The van der Waals surface area contributed by atoms with E-state index in [1.165, 1.54) is 0 Å². The maximum Gasteiger partial charge on any atom is 0.313 e. The Kier molecular flexibility index (Phi) is 1.37. The maximum absolute atomic E-state index is 11.0. The minimum absolute atomic E-state index is 0.0232. The maximum atomic E-state index is 11.0. The fourth-order valence-electron chi connectivity index (χ4n) is 1.65. The lowest BCUT2D eigenvalue weighted by atomic mass is 10.00. The molecule has 2 rings (SSSR count). The molecule has 0 amide bonds. The fourth-order valence-corrected chi connectivity index (χ4v) is 1.65. The van der Waals surface area contributed by atoms with Crippen LogP contribution in [0.4, 0.5) is 0 Å². The van der Waals surface area contributed by atoms with Crippen LogP contribution in [-0.4, -0.2) is 19.7 Å². The van der Waals surface area contributed by atoms with Gasteiger partial charge in [-0.2, -0.15) is 0 Å². The van der Waals surface area contributed by atoms with Crippen molar-refractivity contribution in [2.24, 2.45) is 11.8 Å². The Balaban J connectivity index is 2.16. The van der Waals surface area contributed by atoms with Crippen molar-refractivity contribution in [1.82, 2.24) is 0 Å². The minimum atomic E-state index is -0.0953. The Morgan fingerprint density at radius 3 is 3.18 bits per heavy atom. The average molecular weight is 154 g/mol. The number of hydrogen-bond acceptors (Lipinski definition) is 3. The van der Waals surface area contributed by atoms with Crippen molar-refractivity contribution in [2.75, 3.05) is 13.7 Å². The van der Waals surface area contributed by atoms with Gasteiger partial charge in [0.2, 0.25) is 0 Å². The summed E-state index contributed by atoms with van der Waals surface area (Å²) >= 11 is 0. The third-order valence-corrected chi connectivity index (χ3v) is 2.31. The normalized spacial score (nSPS) is 34.6. The Morgan fingerprint density at radius 1 is 1.73 bits per heavy atom. The van der Waals surface area contributed by atoms with Gasteiger partial charge in [-0.1, -0.05) is 0 Å². The summed E-state index contributed by atoms with van der Waals surface area (Å²) in [5.74, 6) is 1.15. The number of carbonyl (C=O) groups is 1. The number of cyclic esters (lactones) is 1. The summed E-state index contributed by atoms with van der Waals surface area (Å²) in [6.07, 6.45) is 2.73. The fraction of sp³-hybridized carbons (Fsp3) is 0.625. The lowest BCUT2D eigenvalue weighted by Gasteiger charge is -2.01. The predicted molar refractivity (Wildman–Crippen MR) is 37.6 cm³/mol. The predicted octanol–water partition coefficient (Wildman–Crippen LogP) is 0.710. The van der Waals surface area contributed by atoms with Gasteiger partial charge in [0.1, 0.15) is 0 Å². The minimum Gasteiger partial charge on any atom is -0.501 e. The molecule has 1 aliphatic heterocycles. The molecule has 60 valence electrons. The van der Waals surface area contributed by atoms with Gasteiger partial charge in [-0.25, -0.2) is 0 Å². The van der Waals surface area contributed by atoms with Gasteiger partial charge in [0, 0.05) is 12.3 Å². The number of ether oxygens (including phenoxy) is 2. The molecule has 0 N–H and O–H groups in total. The Bertz CT molecular complexity index is 219. The van der Waals surface area contributed by atoms with Gasteiger partial charge < -0.3 is 9.47 Å². The van der Waals surface area contributed by atoms with Gasteiger partial charge >= 0.3 is 5.97 Å². The monoisotopic (exact) mass is 154 g/mol. The number of carbonyl (C=O) groups excluding carboxylic acids is 1. The van der Waals surface area contributed by atoms with Crippen LogP contribution >= 0.6 is 0 Å². The molecular formula is C8H10O3. The summed E-state index contributed by atoms with van der Waals surface area (Å²) in [7, 11) is 1.64. The van der Waals surface area contributed by atoms with E-state index in [1.807, 2.05) is 6.08 Å². The molecule has 3 nitrogen and oxygen atoms in total. The highest BCUT2D eigenvalue weighted by Gasteiger charge is 2.40. The number of allylic oxidation sites excluding steroid dienone is 1. The van der Waals surface area contributed by atoms with Crippen molar-refractivity contribution < 1.29 is 14.3 Å². The average Bonchev–Trinajstić information content (AvgIpc) is 2.53. The van der Waals surface area contributed by atoms with E-state index in [0.29, 0.717) is 12.5 Å². The topological polar surface area (TPSA) is 35.5 Å². The molecule has 1 fully saturated rings. The summed E-state index contributed by atoms with van der Waals surface area (Å²) in [4.78, 5) is 11.0. The molecule has 3 heteroatoms. The molecule has 0 aromatic rings. The summed E-state index contributed by atoms with van der Waals surface area (Å²) in [5.41, 5.74) is 0. The number of fused-ring (bicyclic) bond motifs is 1. The highest BCUT2D eigenvalue weighted by Crippen LogP contribution is 2.36. The van der Waals surface area contributed by atoms with Crippen molar-refractivity contribution in [1.29, 1.82) is 0 Å². The zero-order valence-electron chi connectivity index (χ0n) is 6.37. The van der Waals surface area contributed by atoms with Crippen LogP contribution in [0.15, 0.2) is 11.8 Å². The molecule has 2 unspecified atom stereocenters. The smallest absolute Gasteiger partial charge is 0.313 e. The summed E-state index contributed by atoms with van der Waals surface area (Å²) in [6.45, 7) is 0.562. The van der Waals surface area contributed by atoms with Crippen LogP contribution in [0.1, 0.15) is 6.42 Å². The zero-order valence-corrected chi connectivity index (χ0v) is 6.37. The third-order valence-electron chi connectivity index (χ3n) is 2.31. The van der Waals surface area contributed by atoms with Gasteiger partial charge in [0.05, 0.1) is 25.4 Å².